The fourth-order valence-electron chi connectivity index (χ4n) is 6.78. The fourth-order valence-corrected chi connectivity index (χ4v) is 6.78. The highest BCUT2D eigenvalue weighted by molar-refractivity contribution is 5.87. The van der Waals surface area contributed by atoms with Gasteiger partial charge in [0.1, 0.15) is 5.78 Å². The van der Waals surface area contributed by atoms with E-state index in [-0.39, 0.29) is 10.8 Å². The molecule has 162 valence electrons. The van der Waals surface area contributed by atoms with Crippen LogP contribution in [0.25, 0.3) is 0 Å². The van der Waals surface area contributed by atoms with E-state index in [1.165, 1.54) is 11.3 Å². The average molecular weight is 404 g/mol. The number of Topliss-reactive ketones (excluding diaryl/α,β-unsaturated/α-hetero) is 1. The van der Waals surface area contributed by atoms with Crippen LogP contribution in [0.3, 0.4) is 0 Å². The van der Waals surface area contributed by atoms with E-state index in [1.54, 1.807) is 0 Å². The molecule has 0 bridgehead atoms. The zero-order valence-corrected chi connectivity index (χ0v) is 18.2. The summed E-state index contributed by atoms with van der Waals surface area (Å²) >= 11 is 0. The van der Waals surface area contributed by atoms with E-state index in [1.807, 2.05) is 6.92 Å². The van der Waals surface area contributed by atoms with E-state index >= 15 is 0 Å². The van der Waals surface area contributed by atoms with Gasteiger partial charge in [0.05, 0.1) is 13.2 Å². The third-order valence-electron chi connectivity index (χ3n) is 8.34. The summed E-state index contributed by atoms with van der Waals surface area (Å²) in [5, 5.41) is 0. The molecule has 0 aliphatic heterocycles. The van der Waals surface area contributed by atoms with Gasteiger partial charge in [-0.2, -0.15) is 0 Å². The number of fused-ring (bicyclic) bond motifs is 5. The molecule has 2 fully saturated rings. The van der Waals surface area contributed by atoms with E-state index < -0.39 is 0 Å². The van der Waals surface area contributed by atoms with Crippen LogP contribution in [0.4, 0.5) is 0 Å². The summed E-state index contributed by atoms with van der Waals surface area (Å²) in [5.41, 5.74) is 15.6. The SMILES string of the molecule is CCONC1=C2C=C(NOCCN)CC[C@]2(C)[C@H]2CC[C@]3(C)C(=O)CC[C@H]3[C@@H]2C1. The van der Waals surface area contributed by atoms with Crippen LogP contribution in [0.1, 0.15) is 65.7 Å². The van der Waals surface area contributed by atoms with Crippen molar-refractivity contribution in [3.63, 3.8) is 0 Å². The summed E-state index contributed by atoms with van der Waals surface area (Å²) in [6, 6.07) is 0. The molecule has 0 heterocycles. The van der Waals surface area contributed by atoms with Crippen LogP contribution in [0, 0.1) is 28.6 Å². The van der Waals surface area contributed by atoms with Crippen molar-refractivity contribution in [2.45, 2.75) is 65.7 Å². The van der Waals surface area contributed by atoms with E-state index in [9.17, 15) is 4.79 Å². The monoisotopic (exact) mass is 403 g/mol. The maximum Gasteiger partial charge on any atom is 0.139 e. The first-order valence-corrected chi connectivity index (χ1v) is 11.4. The highest BCUT2D eigenvalue weighted by Gasteiger charge is 2.59. The molecule has 0 aromatic heterocycles. The number of carbonyl (C=O) groups is 1. The smallest absolute Gasteiger partial charge is 0.139 e. The second-order valence-electron chi connectivity index (χ2n) is 9.75. The number of carbonyl (C=O) groups excluding carboxylic acids is 1. The molecule has 4 N–H and O–H groups in total. The first kappa shape index (κ1) is 20.9. The average Bonchev–Trinajstić information content (AvgIpc) is 3.01. The van der Waals surface area contributed by atoms with Crippen molar-refractivity contribution in [2.75, 3.05) is 19.8 Å². The number of rotatable bonds is 7. The van der Waals surface area contributed by atoms with Gasteiger partial charge in [-0.05, 0) is 80.3 Å². The van der Waals surface area contributed by atoms with Crippen LogP contribution in [0.15, 0.2) is 23.0 Å². The minimum atomic E-state index is -0.112. The predicted molar refractivity (Wildman–Crippen MR) is 112 cm³/mol. The van der Waals surface area contributed by atoms with Gasteiger partial charge in [-0.1, -0.05) is 13.8 Å². The Kier molecular flexibility index (Phi) is 5.79. The summed E-state index contributed by atoms with van der Waals surface area (Å²) in [7, 11) is 0. The molecule has 5 atom stereocenters. The van der Waals surface area contributed by atoms with Crippen molar-refractivity contribution < 1.29 is 14.5 Å². The van der Waals surface area contributed by atoms with Crippen LogP contribution in [-0.4, -0.2) is 25.5 Å². The van der Waals surface area contributed by atoms with Crippen molar-refractivity contribution in [1.29, 1.82) is 0 Å². The summed E-state index contributed by atoms with van der Waals surface area (Å²) < 4.78 is 0. The normalized spacial score (nSPS) is 38.8. The minimum absolute atomic E-state index is 0.106. The Bertz CT molecular complexity index is 718. The van der Waals surface area contributed by atoms with Gasteiger partial charge in [0.2, 0.25) is 0 Å². The lowest BCUT2D eigenvalue weighted by molar-refractivity contribution is -0.131. The number of hydrogen-bond acceptors (Lipinski definition) is 6. The highest BCUT2D eigenvalue weighted by atomic mass is 16.6. The number of allylic oxidation sites excluding steroid dienone is 4. The lowest BCUT2D eigenvalue weighted by atomic mass is 9.48. The molecule has 0 aromatic rings. The molecule has 0 aromatic carbocycles. The fraction of sp³-hybridized carbons (Fsp3) is 0.783. The summed E-state index contributed by atoms with van der Waals surface area (Å²) in [6.45, 7) is 8.28. The van der Waals surface area contributed by atoms with E-state index in [4.69, 9.17) is 15.4 Å². The lowest BCUT2D eigenvalue weighted by Gasteiger charge is -2.56. The molecular formula is C23H37N3O3. The van der Waals surface area contributed by atoms with Crippen LogP contribution in [0.5, 0.6) is 0 Å². The molecule has 4 aliphatic carbocycles. The van der Waals surface area contributed by atoms with Crippen molar-refractivity contribution in [3.8, 4) is 0 Å². The highest BCUT2D eigenvalue weighted by Crippen LogP contribution is 2.64. The van der Waals surface area contributed by atoms with Gasteiger partial charge in [0.25, 0.3) is 0 Å². The molecule has 2 saturated carbocycles. The Morgan fingerprint density at radius 1 is 1.10 bits per heavy atom. The van der Waals surface area contributed by atoms with Gasteiger partial charge in [-0.15, -0.1) is 0 Å². The van der Waals surface area contributed by atoms with E-state index in [0.29, 0.717) is 43.3 Å². The maximum absolute atomic E-state index is 12.7. The third kappa shape index (κ3) is 3.43. The predicted octanol–water partition coefficient (Wildman–Crippen LogP) is 3.36. The van der Waals surface area contributed by atoms with Crippen LogP contribution in [0.2, 0.25) is 0 Å². The summed E-state index contributed by atoms with van der Waals surface area (Å²) in [4.78, 5) is 23.8. The van der Waals surface area contributed by atoms with E-state index in [0.717, 1.165) is 50.6 Å². The third-order valence-corrected chi connectivity index (χ3v) is 8.34. The number of nitrogens with one attached hydrogen (secondary N) is 2. The molecule has 0 spiro atoms. The number of ketones is 1. The Morgan fingerprint density at radius 3 is 2.66 bits per heavy atom. The Morgan fingerprint density at radius 2 is 1.90 bits per heavy atom. The zero-order valence-electron chi connectivity index (χ0n) is 18.2. The van der Waals surface area contributed by atoms with Crippen molar-refractivity contribution in [3.05, 3.63) is 23.0 Å². The van der Waals surface area contributed by atoms with Gasteiger partial charge >= 0.3 is 0 Å². The molecule has 0 saturated heterocycles. The standard InChI is InChI=1S/C23H37N3O3/c1-4-28-26-20-14-16-17-5-6-21(27)23(17,3)10-8-18(16)22(2)9-7-15(13-19(20)22)25-29-12-11-24/h13,16-18,25-26H,4-12,14,24H2,1-3H3/t16-,17-,18-,22+,23-/m0/s1. The second kappa shape index (κ2) is 8.05. The van der Waals surface area contributed by atoms with Gasteiger partial charge < -0.3 is 5.73 Å². The van der Waals surface area contributed by atoms with Gasteiger partial charge in [-0.25, -0.2) is 0 Å². The molecule has 6 nitrogen and oxygen atoms in total. The number of hydrogen-bond donors (Lipinski definition) is 3. The van der Waals surface area contributed by atoms with Gasteiger partial charge in [0.15, 0.2) is 0 Å². The maximum atomic E-state index is 12.7. The number of nitrogens with two attached hydrogens (primary N) is 1. The topological polar surface area (TPSA) is 85.6 Å². The van der Waals surface area contributed by atoms with Crippen LogP contribution in [-0.2, 0) is 14.5 Å². The Labute approximate surface area is 174 Å². The quantitative estimate of drug-likeness (QED) is 0.446. The first-order chi connectivity index (χ1) is 13.9. The summed E-state index contributed by atoms with van der Waals surface area (Å²) in [5.74, 6) is 2.17. The van der Waals surface area contributed by atoms with Gasteiger partial charge in [-0.3, -0.25) is 25.4 Å². The van der Waals surface area contributed by atoms with Crippen molar-refractivity contribution in [2.24, 2.45) is 34.3 Å². The molecular weight excluding hydrogens is 366 g/mol. The van der Waals surface area contributed by atoms with Crippen molar-refractivity contribution in [1.82, 2.24) is 11.0 Å². The molecule has 29 heavy (non-hydrogen) atoms. The molecule has 0 amide bonds. The Balaban J connectivity index is 1.68. The Hall–Kier alpha value is -1.37. The summed E-state index contributed by atoms with van der Waals surface area (Å²) in [6.07, 6.45) is 9.30. The van der Waals surface area contributed by atoms with Gasteiger partial charge in [0, 0.05) is 29.8 Å². The van der Waals surface area contributed by atoms with Crippen molar-refractivity contribution >= 4 is 5.78 Å². The number of hydroxylamine groups is 2. The molecule has 6 heteroatoms. The minimum Gasteiger partial charge on any atom is -0.328 e. The second-order valence-corrected chi connectivity index (χ2v) is 9.75. The van der Waals surface area contributed by atoms with Crippen LogP contribution < -0.4 is 16.7 Å². The lowest BCUT2D eigenvalue weighted by Crippen LogP contribution is -2.51. The zero-order chi connectivity index (χ0) is 20.6. The van der Waals surface area contributed by atoms with E-state index in [2.05, 4.69) is 30.9 Å². The first-order valence-electron chi connectivity index (χ1n) is 11.4. The molecule has 0 radical (unpaired) electrons. The van der Waals surface area contributed by atoms with Crippen LogP contribution >= 0.6 is 0 Å². The molecule has 0 unspecified atom stereocenters. The molecule has 4 aliphatic rings. The largest absolute Gasteiger partial charge is 0.328 e. The molecule has 4 rings (SSSR count).